The zero-order chi connectivity index (χ0) is 21.4. The van der Waals surface area contributed by atoms with Crippen molar-refractivity contribution in [2.45, 2.75) is 62.8 Å². The molecule has 3 fully saturated rings. The van der Waals surface area contributed by atoms with Crippen LogP contribution in [0.15, 0.2) is 36.5 Å². The van der Waals surface area contributed by atoms with Crippen molar-refractivity contribution >= 4 is 5.91 Å². The number of fused-ring (bicyclic) bond motifs is 2. The van der Waals surface area contributed by atoms with E-state index in [0.29, 0.717) is 6.54 Å². The van der Waals surface area contributed by atoms with E-state index in [9.17, 15) is 14.4 Å². The molecule has 3 aliphatic heterocycles. The fourth-order valence-corrected chi connectivity index (χ4v) is 5.39. The summed E-state index contributed by atoms with van der Waals surface area (Å²) in [6, 6.07) is 8.34. The minimum atomic E-state index is -0.293. The van der Waals surface area contributed by atoms with Gasteiger partial charge in [0.15, 0.2) is 0 Å². The van der Waals surface area contributed by atoms with E-state index in [4.69, 9.17) is 5.73 Å². The molecule has 5 atom stereocenters. The molecule has 160 valence electrons. The van der Waals surface area contributed by atoms with E-state index in [2.05, 4.69) is 24.5 Å². The Labute approximate surface area is 177 Å². The molecule has 0 aromatic heterocycles. The zero-order valence-corrected chi connectivity index (χ0v) is 17.5. The zero-order valence-electron chi connectivity index (χ0n) is 17.5. The van der Waals surface area contributed by atoms with Crippen LogP contribution in [0.25, 0.3) is 0 Å². The van der Waals surface area contributed by atoms with E-state index in [1.807, 2.05) is 9.80 Å². The molecule has 2 unspecified atom stereocenters. The Bertz CT molecular complexity index is 850. The second-order valence-electron chi connectivity index (χ2n) is 8.66. The average molecular weight is 412 g/mol. The molecule has 2 N–H and O–H groups in total. The number of amides is 1. The highest BCUT2D eigenvalue weighted by Crippen LogP contribution is 2.39. The first-order valence-electron chi connectivity index (χ1n) is 10.9. The Kier molecular flexibility index (Phi) is 5.81. The summed E-state index contributed by atoms with van der Waals surface area (Å²) in [5, 5.41) is 9.33. The molecule has 1 amide bonds. The normalized spacial score (nSPS) is 28.1. The number of rotatable bonds is 7. The Balaban J connectivity index is 1.41. The van der Waals surface area contributed by atoms with Crippen LogP contribution < -0.4 is 5.73 Å². The summed E-state index contributed by atoms with van der Waals surface area (Å²) in [5.41, 5.74) is 8.22. The van der Waals surface area contributed by atoms with Crippen LogP contribution >= 0.6 is 0 Å². The van der Waals surface area contributed by atoms with E-state index in [1.165, 1.54) is 12.1 Å². The van der Waals surface area contributed by atoms with Crippen molar-refractivity contribution in [1.29, 1.82) is 5.26 Å². The summed E-state index contributed by atoms with van der Waals surface area (Å²) < 4.78 is 13.3. The summed E-state index contributed by atoms with van der Waals surface area (Å²) >= 11 is 0. The number of hydrogen-bond acceptors (Lipinski definition) is 5. The van der Waals surface area contributed by atoms with Gasteiger partial charge in [0.25, 0.3) is 0 Å². The number of nitrogens with two attached hydrogens (primary N) is 1. The summed E-state index contributed by atoms with van der Waals surface area (Å²) in [7, 11) is 0. The van der Waals surface area contributed by atoms with Gasteiger partial charge in [-0.3, -0.25) is 9.69 Å². The second kappa shape index (κ2) is 8.37. The van der Waals surface area contributed by atoms with Gasteiger partial charge < -0.3 is 15.5 Å². The van der Waals surface area contributed by atoms with Crippen LogP contribution in [-0.4, -0.2) is 64.4 Å². The molecule has 0 spiro atoms. The Morgan fingerprint density at radius 2 is 2.13 bits per heavy atom. The van der Waals surface area contributed by atoms with Gasteiger partial charge in [0.2, 0.25) is 5.91 Å². The van der Waals surface area contributed by atoms with Crippen LogP contribution in [-0.2, 0) is 4.79 Å². The molecule has 0 radical (unpaired) electrons. The maximum absolute atomic E-state index is 13.3. The molecule has 0 saturated carbocycles. The molecule has 3 saturated heterocycles. The van der Waals surface area contributed by atoms with Crippen LogP contribution in [0.4, 0.5) is 4.39 Å². The van der Waals surface area contributed by atoms with Gasteiger partial charge in [-0.2, -0.15) is 5.26 Å². The van der Waals surface area contributed by atoms with E-state index in [0.717, 1.165) is 50.0 Å². The van der Waals surface area contributed by atoms with Crippen LogP contribution in [0.3, 0.4) is 0 Å². The van der Waals surface area contributed by atoms with Crippen LogP contribution in [0.5, 0.6) is 0 Å². The molecule has 1 aromatic rings. The van der Waals surface area contributed by atoms with E-state index in [-0.39, 0.29) is 41.9 Å². The van der Waals surface area contributed by atoms with Crippen molar-refractivity contribution < 1.29 is 9.18 Å². The van der Waals surface area contributed by atoms with Gasteiger partial charge in [-0.1, -0.05) is 25.6 Å². The first-order chi connectivity index (χ1) is 14.4. The van der Waals surface area contributed by atoms with Gasteiger partial charge in [-0.05, 0) is 43.4 Å². The van der Waals surface area contributed by atoms with E-state index < -0.39 is 0 Å². The highest BCUT2D eigenvalue weighted by molar-refractivity contribution is 5.86. The molecule has 0 aliphatic carbocycles. The van der Waals surface area contributed by atoms with Crippen molar-refractivity contribution in [3.63, 3.8) is 0 Å². The van der Waals surface area contributed by atoms with Gasteiger partial charge in [-0.25, -0.2) is 4.39 Å². The lowest BCUT2D eigenvalue weighted by molar-refractivity contribution is -0.139. The summed E-state index contributed by atoms with van der Waals surface area (Å²) in [6.07, 6.45) is 3.43. The predicted molar refractivity (Wildman–Crippen MR) is 113 cm³/mol. The molecular formula is C23H30FN5O. The first-order valence-corrected chi connectivity index (χ1v) is 10.9. The molecule has 3 heterocycles. The quantitative estimate of drug-likeness (QED) is 0.746. The molecule has 7 heteroatoms. The molecular weight excluding hydrogens is 381 g/mol. The van der Waals surface area contributed by atoms with Gasteiger partial charge in [-0.15, -0.1) is 0 Å². The number of hydrogen-bond donors (Lipinski definition) is 1. The second-order valence-corrected chi connectivity index (χ2v) is 8.66. The fraction of sp³-hybridized carbons (Fsp3) is 0.565. The van der Waals surface area contributed by atoms with Crippen molar-refractivity contribution in [2.75, 3.05) is 19.6 Å². The minimum absolute atomic E-state index is 0.0279. The maximum Gasteiger partial charge on any atom is 0.240 e. The number of carbonyl (C=O) groups excluding carboxylic acids is 1. The van der Waals surface area contributed by atoms with Gasteiger partial charge in [0.1, 0.15) is 11.9 Å². The van der Waals surface area contributed by atoms with Crippen molar-refractivity contribution in [3.8, 4) is 6.07 Å². The van der Waals surface area contributed by atoms with Gasteiger partial charge >= 0.3 is 0 Å². The molecule has 2 bridgehead atoms. The molecule has 6 nitrogen and oxygen atoms in total. The average Bonchev–Trinajstić information content (AvgIpc) is 3.45. The first kappa shape index (κ1) is 20.8. The number of benzene rings is 1. The lowest BCUT2D eigenvalue weighted by atomic mass is 10.0. The minimum Gasteiger partial charge on any atom is -0.358 e. The standard InChI is InChI=1S/C23H30FN5O/c1-3-21(16-6-8-17(24)9-7-16)29-19-11-22(23(29)30)27(13-19)14-20(26)15(2)28-10-4-5-18(28)12-25/h6-9,18-22H,2-5,10-11,13-14,26H2,1H3/t18-,19?,20-,21?,22-/m0/s1. The number of carbonyl (C=O) groups is 1. The van der Waals surface area contributed by atoms with E-state index >= 15 is 0 Å². The maximum atomic E-state index is 13.3. The monoisotopic (exact) mass is 411 g/mol. The van der Waals surface area contributed by atoms with Gasteiger partial charge in [0.05, 0.1) is 24.2 Å². The number of nitriles is 1. The highest BCUT2D eigenvalue weighted by Gasteiger charge is 2.51. The lowest BCUT2D eigenvalue weighted by Gasteiger charge is -2.40. The number of nitrogens with zero attached hydrogens (tertiary/aromatic N) is 4. The Morgan fingerprint density at radius 1 is 1.40 bits per heavy atom. The number of halogens is 1. The topological polar surface area (TPSA) is 76.6 Å². The third kappa shape index (κ3) is 3.59. The number of piperazine rings is 1. The molecule has 30 heavy (non-hydrogen) atoms. The molecule has 4 rings (SSSR count). The van der Waals surface area contributed by atoms with Crippen molar-refractivity contribution in [3.05, 3.63) is 47.9 Å². The third-order valence-electron chi connectivity index (χ3n) is 6.92. The SMILES string of the molecule is C=C([C@@H](N)CN1CC2C[C@H]1C(=O)N2C(CC)c1ccc(F)cc1)N1CCC[C@H]1C#N. The third-order valence-corrected chi connectivity index (χ3v) is 6.92. The predicted octanol–water partition coefficient (Wildman–Crippen LogP) is 2.39. The summed E-state index contributed by atoms with van der Waals surface area (Å²) in [4.78, 5) is 19.4. The lowest BCUT2D eigenvalue weighted by Crippen LogP contribution is -2.54. The smallest absolute Gasteiger partial charge is 0.240 e. The van der Waals surface area contributed by atoms with Gasteiger partial charge in [0, 0.05) is 31.4 Å². The van der Waals surface area contributed by atoms with Crippen molar-refractivity contribution in [1.82, 2.24) is 14.7 Å². The Hall–Kier alpha value is -2.43. The molecule has 3 aliphatic rings. The van der Waals surface area contributed by atoms with Crippen LogP contribution in [0.1, 0.15) is 44.2 Å². The summed E-state index contributed by atoms with van der Waals surface area (Å²) in [5.74, 6) is -0.129. The van der Waals surface area contributed by atoms with Crippen LogP contribution in [0, 0.1) is 17.1 Å². The highest BCUT2D eigenvalue weighted by atomic mass is 19.1. The number of likely N-dealkylation sites (tertiary alicyclic amines) is 3. The largest absolute Gasteiger partial charge is 0.358 e. The van der Waals surface area contributed by atoms with E-state index in [1.54, 1.807) is 12.1 Å². The van der Waals surface area contributed by atoms with Crippen LogP contribution in [0.2, 0.25) is 0 Å². The summed E-state index contributed by atoms with van der Waals surface area (Å²) in [6.45, 7) is 8.40. The Morgan fingerprint density at radius 3 is 2.77 bits per heavy atom. The fourth-order valence-electron chi connectivity index (χ4n) is 5.39. The van der Waals surface area contributed by atoms with Crippen molar-refractivity contribution in [2.24, 2.45) is 5.73 Å². The molecule has 1 aromatic carbocycles.